The second-order valence-corrected chi connectivity index (χ2v) is 6.42. The Bertz CT molecular complexity index is 386. The summed E-state index contributed by atoms with van der Waals surface area (Å²) in [6, 6.07) is 0.391. The van der Waals surface area contributed by atoms with E-state index in [1.165, 1.54) is 4.88 Å². The molecule has 0 saturated carbocycles. The number of hydrogen-bond donors (Lipinski definition) is 1. The molecule has 0 bridgehead atoms. The highest BCUT2D eigenvalue weighted by atomic mass is 32.1. The number of hydrogen-bond acceptors (Lipinski definition) is 5. The highest BCUT2D eigenvalue weighted by molar-refractivity contribution is 7.15. The van der Waals surface area contributed by atoms with Crippen molar-refractivity contribution in [3.63, 3.8) is 0 Å². The molecule has 1 fully saturated rings. The van der Waals surface area contributed by atoms with Crippen LogP contribution in [0.5, 0.6) is 0 Å². The Morgan fingerprint density at radius 3 is 2.79 bits per heavy atom. The van der Waals surface area contributed by atoms with Gasteiger partial charge < -0.3 is 15.0 Å². The van der Waals surface area contributed by atoms with Gasteiger partial charge in [0, 0.05) is 30.2 Å². The van der Waals surface area contributed by atoms with E-state index in [1.807, 2.05) is 6.20 Å². The van der Waals surface area contributed by atoms with Crippen LogP contribution >= 0.6 is 11.3 Å². The van der Waals surface area contributed by atoms with E-state index in [2.05, 4.69) is 42.9 Å². The summed E-state index contributed by atoms with van der Waals surface area (Å²) in [5, 5.41) is 4.64. The van der Waals surface area contributed by atoms with Gasteiger partial charge in [-0.15, -0.1) is 11.3 Å². The minimum Gasteiger partial charge on any atom is -0.372 e. The Morgan fingerprint density at radius 1 is 1.47 bits per heavy atom. The summed E-state index contributed by atoms with van der Waals surface area (Å²) >= 11 is 1.80. The molecule has 0 aromatic carbocycles. The van der Waals surface area contributed by atoms with Crippen LogP contribution in [0.3, 0.4) is 0 Å². The maximum Gasteiger partial charge on any atom is 0.185 e. The number of ether oxygens (including phenoxy) is 1. The molecule has 2 heterocycles. The molecule has 1 aliphatic heterocycles. The van der Waals surface area contributed by atoms with E-state index < -0.39 is 0 Å². The van der Waals surface area contributed by atoms with Crippen LogP contribution in [0.2, 0.25) is 0 Å². The Labute approximate surface area is 120 Å². The zero-order chi connectivity index (χ0) is 13.8. The van der Waals surface area contributed by atoms with Gasteiger partial charge >= 0.3 is 0 Å². The first kappa shape index (κ1) is 14.8. The van der Waals surface area contributed by atoms with Crippen LogP contribution in [0, 0.1) is 0 Å². The molecule has 0 aliphatic carbocycles. The van der Waals surface area contributed by atoms with Crippen molar-refractivity contribution in [1.82, 2.24) is 10.3 Å². The van der Waals surface area contributed by atoms with Gasteiger partial charge in [-0.25, -0.2) is 4.98 Å². The van der Waals surface area contributed by atoms with Crippen molar-refractivity contribution in [2.75, 3.05) is 24.5 Å². The molecule has 3 atom stereocenters. The molecule has 2 rings (SSSR count). The third-order valence-electron chi connectivity index (χ3n) is 3.33. The lowest BCUT2D eigenvalue weighted by atomic mass is 10.2. The van der Waals surface area contributed by atoms with Crippen molar-refractivity contribution in [2.24, 2.45) is 0 Å². The van der Waals surface area contributed by atoms with Gasteiger partial charge in [-0.2, -0.15) is 0 Å². The first-order valence-corrected chi connectivity index (χ1v) is 8.01. The molecule has 5 heteroatoms. The average Bonchev–Trinajstić information content (AvgIpc) is 2.84. The van der Waals surface area contributed by atoms with Gasteiger partial charge in [-0.05, 0) is 33.7 Å². The summed E-state index contributed by atoms with van der Waals surface area (Å²) in [4.78, 5) is 8.25. The zero-order valence-corrected chi connectivity index (χ0v) is 13.2. The van der Waals surface area contributed by atoms with E-state index in [0.29, 0.717) is 6.04 Å². The fourth-order valence-corrected chi connectivity index (χ4v) is 3.38. The topological polar surface area (TPSA) is 37.4 Å². The van der Waals surface area contributed by atoms with Crippen molar-refractivity contribution in [2.45, 2.75) is 52.4 Å². The molecule has 1 aliphatic rings. The smallest absolute Gasteiger partial charge is 0.185 e. The lowest BCUT2D eigenvalue weighted by molar-refractivity contribution is -0.00522. The molecule has 0 amide bonds. The number of anilines is 1. The van der Waals surface area contributed by atoms with Gasteiger partial charge in [0.05, 0.1) is 12.2 Å². The lowest BCUT2D eigenvalue weighted by Gasteiger charge is -2.35. The second kappa shape index (κ2) is 6.68. The Morgan fingerprint density at radius 2 is 2.16 bits per heavy atom. The van der Waals surface area contributed by atoms with Crippen molar-refractivity contribution in [3.8, 4) is 0 Å². The van der Waals surface area contributed by atoms with Crippen LogP contribution < -0.4 is 10.2 Å². The maximum absolute atomic E-state index is 5.77. The number of nitrogens with zero attached hydrogens (tertiary/aromatic N) is 2. The van der Waals surface area contributed by atoms with E-state index in [1.54, 1.807) is 11.3 Å². The molecule has 1 aromatic rings. The summed E-state index contributed by atoms with van der Waals surface area (Å²) in [6.07, 6.45) is 3.74. The van der Waals surface area contributed by atoms with E-state index in [-0.39, 0.29) is 12.2 Å². The van der Waals surface area contributed by atoms with Gasteiger partial charge in [-0.3, -0.25) is 0 Å². The number of rotatable bonds is 5. The maximum atomic E-state index is 5.77. The van der Waals surface area contributed by atoms with E-state index in [0.717, 1.165) is 31.2 Å². The standard InChI is InChI=1S/C14H25N3OS/c1-5-6-15-12(4)13-7-16-14(19-13)17-8-10(2)18-11(3)9-17/h7,10-12,15H,5-6,8-9H2,1-4H3. The Balaban J connectivity index is 1.99. The number of thiazole rings is 1. The molecule has 108 valence electrons. The predicted molar refractivity (Wildman–Crippen MR) is 81.0 cm³/mol. The predicted octanol–water partition coefficient (Wildman–Crippen LogP) is 2.82. The quantitative estimate of drug-likeness (QED) is 0.901. The minimum atomic E-state index is 0.284. The zero-order valence-electron chi connectivity index (χ0n) is 12.3. The molecule has 0 spiro atoms. The molecule has 4 nitrogen and oxygen atoms in total. The van der Waals surface area contributed by atoms with Gasteiger partial charge in [0.15, 0.2) is 5.13 Å². The molecule has 1 aromatic heterocycles. The third kappa shape index (κ3) is 3.91. The summed E-state index contributed by atoms with van der Waals surface area (Å²) in [6.45, 7) is 11.6. The van der Waals surface area contributed by atoms with Crippen LogP contribution in [0.1, 0.15) is 45.0 Å². The van der Waals surface area contributed by atoms with Gasteiger partial charge in [0.1, 0.15) is 0 Å². The van der Waals surface area contributed by atoms with Crippen LogP contribution in [0.15, 0.2) is 6.20 Å². The number of aromatic nitrogens is 1. The molecule has 0 radical (unpaired) electrons. The SMILES string of the molecule is CCCNC(C)c1cnc(N2CC(C)OC(C)C2)s1. The molecule has 1 saturated heterocycles. The fraction of sp³-hybridized carbons (Fsp3) is 0.786. The van der Waals surface area contributed by atoms with E-state index in [4.69, 9.17) is 4.74 Å². The summed E-state index contributed by atoms with van der Waals surface area (Å²) < 4.78 is 5.77. The minimum absolute atomic E-state index is 0.284. The molecular weight excluding hydrogens is 258 g/mol. The van der Waals surface area contributed by atoms with Crippen molar-refractivity contribution >= 4 is 16.5 Å². The fourth-order valence-electron chi connectivity index (χ4n) is 2.42. The second-order valence-electron chi connectivity index (χ2n) is 5.38. The van der Waals surface area contributed by atoms with Gasteiger partial charge in [-0.1, -0.05) is 6.92 Å². The summed E-state index contributed by atoms with van der Waals surface area (Å²) in [7, 11) is 0. The van der Waals surface area contributed by atoms with E-state index in [9.17, 15) is 0 Å². The average molecular weight is 283 g/mol. The highest BCUT2D eigenvalue weighted by Crippen LogP contribution is 2.29. The van der Waals surface area contributed by atoms with Crippen molar-refractivity contribution in [1.29, 1.82) is 0 Å². The lowest BCUT2D eigenvalue weighted by Crippen LogP contribution is -2.45. The van der Waals surface area contributed by atoms with Crippen LogP contribution in [0.4, 0.5) is 5.13 Å². The first-order valence-electron chi connectivity index (χ1n) is 7.19. The third-order valence-corrected chi connectivity index (χ3v) is 4.57. The Kier molecular flexibility index (Phi) is 5.19. The van der Waals surface area contributed by atoms with Crippen molar-refractivity contribution < 1.29 is 4.74 Å². The molecule has 3 unspecified atom stereocenters. The van der Waals surface area contributed by atoms with Crippen LogP contribution in [0.25, 0.3) is 0 Å². The van der Waals surface area contributed by atoms with Crippen LogP contribution in [-0.2, 0) is 4.74 Å². The number of nitrogens with one attached hydrogen (secondary N) is 1. The Hall–Kier alpha value is -0.650. The van der Waals surface area contributed by atoms with Gasteiger partial charge in [0.25, 0.3) is 0 Å². The normalized spacial score (nSPS) is 25.6. The van der Waals surface area contributed by atoms with Crippen molar-refractivity contribution in [3.05, 3.63) is 11.1 Å². The molecular formula is C14H25N3OS. The first-order chi connectivity index (χ1) is 9.10. The number of morpholine rings is 1. The summed E-state index contributed by atoms with van der Waals surface area (Å²) in [5.41, 5.74) is 0. The summed E-state index contributed by atoms with van der Waals surface area (Å²) in [5.74, 6) is 0. The van der Waals surface area contributed by atoms with Crippen LogP contribution in [-0.4, -0.2) is 36.8 Å². The molecule has 1 N–H and O–H groups in total. The molecule has 19 heavy (non-hydrogen) atoms. The highest BCUT2D eigenvalue weighted by Gasteiger charge is 2.24. The largest absolute Gasteiger partial charge is 0.372 e. The van der Waals surface area contributed by atoms with Gasteiger partial charge in [0.2, 0.25) is 0 Å². The van der Waals surface area contributed by atoms with E-state index >= 15 is 0 Å². The monoisotopic (exact) mass is 283 g/mol.